The average molecular weight is 246 g/mol. The molecule has 0 spiro atoms. The van der Waals surface area contributed by atoms with E-state index in [1.54, 1.807) is 0 Å². The first-order valence-corrected chi connectivity index (χ1v) is 4.49. The molecule has 0 fully saturated rings. The molecule has 2 rings (SSSR count). The van der Waals surface area contributed by atoms with Crippen LogP contribution in [0.1, 0.15) is 11.1 Å². The van der Waals surface area contributed by atoms with Gasteiger partial charge < -0.3 is 40.0 Å². The Balaban J connectivity index is 0.000000245. The average Bonchev–Trinajstić information content (AvgIpc) is 2.92. The van der Waals surface area contributed by atoms with Gasteiger partial charge >= 0.3 is 0 Å². The predicted molar refractivity (Wildman–Crippen MR) is 55.9 cm³/mol. The summed E-state index contributed by atoms with van der Waals surface area (Å²) in [6, 6.07) is 15.2. The molecule has 15 heavy (non-hydrogen) atoms. The molecule has 0 unspecified atom stereocenters. The summed E-state index contributed by atoms with van der Waals surface area (Å²) < 4.78 is 0. The topological polar surface area (TPSA) is 40.5 Å². The van der Waals surface area contributed by atoms with Gasteiger partial charge in [0.05, 0.1) is 0 Å². The van der Waals surface area contributed by atoms with Crippen LogP contribution in [0.5, 0.6) is 0 Å². The Labute approximate surface area is 100 Å². The Morgan fingerprint density at radius 2 is 1.47 bits per heavy atom. The van der Waals surface area contributed by atoms with Crippen LogP contribution in [0.4, 0.5) is 0 Å². The fourth-order valence-corrected chi connectivity index (χ4v) is 1.04. The smallest absolute Gasteiger partial charge is 0.0238 e. The molecule has 0 radical (unpaired) electrons. The van der Waals surface area contributed by atoms with Crippen LogP contribution in [0.3, 0.4) is 0 Å². The zero-order valence-corrected chi connectivity index (χ0v) is 9.39. The predicted octanol–water partition coefficient (Wildman–Crippen LogP) is 1.79. The van der Waals surface area contributed by atoms with Gasteiger partial charge in [-0.15, -0.1) is 12.2 Å². The molecule has 0 aromatic heterocycles. The zero-order chi connectivity index (χ0) is 10.2. The summed E-state index contributed by atoms with van der Waals surface area (Å²) in [7, 11) is 0. The van der Waals surface area contributed by atoms with Gasteiger partial charge in [-0.05, 0) is 0 Å². The van der Waals surface area contributed by atoms with Gasteiger partial charge in [0.25, 0.3) is 0 Å². The van der Waals surface area contributed by atoms with Crippen LogP contribution < -0.4 is 0 Å². The third-order valence-corrected chi connectivity index (χ3v) is 1.83. The molecule has 0 bridgehead atoms. The van der Waals surface area contributed by atoms with E-state index in [9.17, 15) is 0 Å². The van der Waals surface area contributed by atoms with Crippen molar-refractivity contribution in [3.63, 3.8) is 0 Å². The first-order chi connectivity index (χ1) is 6.86. The fraction of sp³-hybridized carbons (Fsp3) is 0.167. The van der Waals surface area contributed by atoms with E-state index in [0.717, 1.165) is 11.1 Å². The number of aliphatic hydroxyl groups is 2. The largest absolute Gasteiger partial charge is 0.747 e. The summed E-state index contributed by atoms with van der Waals surface area (Å²) in [5.74, 6) is 0. The minimum atomic E-state index is 0. The van der Waals surface area contributed by atoms with Gasteiger partial charge in [-0.2, -0.15) is 12.1 Å². The Kier molecular flexibility index (Phi) is 7.96. The maximum Gasteiger partial charge on any atom is 0.0238 e. The molecule has 2 nitrogen and oxygen atoms in total. The van der Waals surface area contributed by atoms with Crippen molar-refractivity contribution in [2.45, 2.75) is 13.2 Å². The van der Waals surface area contributed by atoms with E-state index in [1.165, 1.54) is 0 Å². The molecule has 0 atom stereocenters. The van der Waals surface area contributed by atoms with Crippen molar-refractivity contribution in [3.8, 4) is 0 Å². The minimum Gasteiger partial charge on any atom is -0.747 e. The van der Waals surface area contributed by atoms with E-state index in [-0.39, 0.29) is 30.3 Å². The van der Waals surface area contributed by atoms with E-state index in [0.29, 0.717) is 0 Å². The molecular formula is C12H14FeO2-6. The van der Waals surface area contributed by atoms with Gasteiger partial charge in [-0.3, -0.25) is 0 Å². The fourth-order valence-electron chi connectivity index (χ4n) is 1.04. The summed E-state index contributed by atoms with van der Waals surface area (Å²) >= 11 is 0. The molecule has 2 N–H and O–H groups in total. The Hall–Kier alpha value is -0.861. The second-order valence-electron chi connectivity index (χ2n) is 2.90. The standard InChI is InChI=1S/2C6H7O.Fe/c2*7-5-6-3-1-2-4-6;/h2*1-4,7H,5H2;/q-5;-1;. The minimum absolute atomic E-state index is 0. The van der Waals surface area contributed by atoms with Crippen molar-refractivity contribution in [1.29, 1.82) is 0 Å². The molecule has 0 saturated heterocycles. The van der Waals surface area contributed by atoms with Crippen LogP contribution in [-0.4, -0.2) is 10.2 Å². The zero-order valence-electron chi connectivity index (χ0n) is 8.28. The van der Waals surface area contributed by atoms with Crippen LogP contribution >= 0.6 is 0 Å². The summed E-state index contributed by atoms with van der Waals surface area (Å²) in [5, 5.41) is 16.9. The van der Waals surface area contributed by atoms with Crippen LogP contribution in [-0.2, 0) is 30.3 Å². The molecule has 0 aliphatic carbocycles. The third-order valence-electron chi connectivity index (χ3n) is 1.83. The summed E-state index contributed by atoms with van der Waals surface area (Å²) in [6.45, 7) is 0.319. The number of hydrogen-bond acceptors (Lipinski definition) is 2. The van der Waals surface area contributed by atoms with Gasteiger partial charge in [-0.1, -0.05) is 0 Å². The molecule has 0 heterocycles. The Morgan fingerprint density at radius 3 is 1.73 bits per heavy atom. The molecular weight excluding hydrogens is 232 g/mol. The Morgan fingerprint density at radius 1 is 0.933 bits per heavy atom. The van der Waals surface area contributed by atoms with Crippen molar-refractivity contribution in [2.75, 3.05) is 0 Å². The molecule has 0 aliphatic heterocycles. The molecule has 3 heteroatoms. The van der Waals surface area contributed by atoms with Crippen molar-refractivity contribution in [3.05, 3.63) is 59.7 Å². The molecule has 2 aromatic carbocycles. The monoisotopic (exact) mass is 246 g/mol. The van der Waals surface area contributed by atoms with Crippen LogP contribution in [0.2, 0.25) is 0 Å². The van der Waals surface area contributed by atoms with Gasteiger partial charge in [0.2, 0.25) is 0 Å². The second kappa shape index (κ2) is 8.45. The first-order valence-electron chi connectivity index (χ1n) is 4.49. The van der Waals surface area contributed by atoms with Crippen LogP contribution in [0.15, 0.2) is 48.5 Å². The number of hydrogen-bond donors (Lipinski definition) is 2. The van der Waals surface area contributed by atoms with E-state index >= 15 is 0 Å². The van der Waals surface area contributed by atoms with Gasteiger partial charge in [0.1, 0.15) is 0 Å². The van der Waals surface area contributed by atoms with E-state index < -0.39 is 0 Å². The number of rotatable bonds is 2. The summed E-state index contributed by atoms with van der Waals surface area (Å²) in [6.07, 6.45) is 0. The maximum absolute atomic E-state index is 8.43. The number of aliphatic hydroxyl groups excluding tert-OH is 2. The summed E-state index contributed by atoms with van der Waals surface area (Å²) in [5.41, 5.74) is 1.97. The van der Waals surface area contributed by atoms with Gasteiger partial charge in [0, 0.05) is 23.7 Å². The van der Waals surface area contributed by atoms with E-state index in [1.807, 2.05) is 48.5 Å². The Bertz CT molecular complexity index is 277. The van der Waals surface area contributed by atoms with E-state index in [4.69, 9.17) is 10.2 Å². The molecule has 2 aromatic rings. The molecule has 0 aliphatic rings. The van der Waals surface area contributed by atoms with Crippen molar-refractivity contribution >= 4 is 0 Å². The summed E-state index contributed by atoms with van der Waals surface area (Å²) in [4.78, 5) is 0. The second-order valence-corrected chi connectivity index (χ2v) is 2.90. The maximum atomic E-state index is 8.43. The van der Waals surface area contributed by atoms with Crippen molar-refractivity contribution in [2.24, 2.45) is 0 Å². The normalized spacial score (nSPS) is 8.67. The van der Waals surface area contributed by atoms with Crippen molar-refractivity contribution < 1.29 is 27.3 Å². The van der Waals surface area contributed by atoms with Crippen LogP contribution in [0, 0.1) is 0 Å². The third kappa shape index (κ3) is 5.55. The first kappa shape index (κ1) is 14.1. The van der Waals surface area contributed by atoms with Gasteiger partial charge in [-0.25, -0.2) is 12.1 Å². The molecule has 0 saturated carbocycles. The van der Waals surface area contributed by atoms with E-state index in [2.05, 4.69) is 0 Å². The van der Waals surface area contributed by atoms with Crippen molar-refractivity contribution in [1.82, 2.24) is 0 Å². The quantitative estimate of drug-likeness (QED) is 0.626. The van der Waals surface area contributed by atoms with Gasteiger partial charge in [0.15, 0.2) is 0 Å². The molecule has 88 valence electrons. The van der Waals surface area contributed by atoms with Crippen LogP contribution in [0.25, 0.3) is 0 Å². The SMILES string of the molecule is OC[c-]1[cH-][cH-][cH-][cH-]1.OC[c-]1cccc1.[Fe]. The molecule has 0 amide bonds.